The first kappa shape index (κ1) is 13.1. The number of halogens is 1. The third-order valence-electron chi connectivity index (χ3n) is 2.40. The minimum absolute atomic E-state index is 0.0447. The molecular weight excluding hydrogens is 270 g/mol. The van der Waals surface area contributed by atoms with Crippen molar-refractivity contribution in [2.45, 2.75) is 19.8 Å². The summed E-state index contributed by atoms with van der Waals surface area (Å²) < 4.78 is 0.782. The highest BCUT2D eigenvalue weighted by Crippen LogP contribution is 2.19. The van der Waals surface area contributed by atoms with Crippen molar-refractivity contribution in [2.75, 3.05) is 11.9 Å². The van der Waals surface area contributed by atoms with Gasteiger partial charge in [-0.15, -0.1) is 0 Å². The van der Waals surface area contributed by atoms with Gasteiger partial charge in [-0.2, -0.15) is 0 Å². The molecule has 5 heteroatoms. The number of carbonyl (C=O) groups is 1. The molecule has 0 fully saturated rings. The molecule has 16 heavy (non-hydrogen) atoms. The second-order valence-corrected chi connectivity index (χ2v) is 4.45. The first-order chi connectivity index (χ1) is 7.67. The normalized spacial score (nSPS) is 12.2. The number of anilines is 1. The summed E-state index contributed by atoms with van der Waals surface area (Å²) in [4.78, 5) is 15.7. The third kappa shape index (κ3) is 3.90. The molecular formula is C11H16BrN3O. The topological polar surface area (TPSA) is 68.0 Å². The Morgan fingerprint density at radius 3 is 3.00 bits per heavy atom. The number of hydrogen-bond donors (Lipinski definition) is 2. The average Bonchev–Trinajstić information content (AvgIpc) is 2.29. The highest BCUT2D eigenvalue weighted by Gasteiger charge is 2.12. The summed E-state index contributed by atoms with van der Waals surface area (Å²) >= 11 is 3.32. The monoisotopic (exact) mass is 285 g/mol. The SMILES string of the molecule is CCC(CN)CC(=O)Nc1ncccc1Br. The molecule has 88 valence electrons. The molecule has 1 rings (SSSR count). The van der Waals surface area contributed by atoms with Gasteiger partial charge in [0.05, 0.1) is 4.47 Å². The average molecular weight is 286 g/mol. The van der Waals surface area contributed by atoms with Crippen LogP contribution in [-0.4, -0.2) is 17.4 Å². The van der Waals surface area contributed by atoms with Crippen LogP contribution in [0.4, 0.5) is 5.82 Å². The third-order valence-corrected chi connectivity index (χ3v) is 3.04. The molecule has 0 radical (unpaired) electrons. The van der Waals surface area contributed by atoms with Crippen LogP contribution < -0.4 is 11.1 Å². The Morgan fingerprint density at radius 2 is 2.44 bits per heavy atom. The van der Waals surface area contributed by atoms with Crippen molar-refractivity contribution in [3.05, 3.63) is 22.8 Å². The Balaban J connectivity index is 2.55. The molecule has 0 saturated heterocycles. The zero-order chi connectivity index (χ0) is 12.0. The lowest BCUT2D eigenvalue weighted by Crippen LogP contribution is -2.22. The first-order valence-electron chi connectivity index (χ1n) is 5.27. The van der Waals surface area contributed by atoms with Crippen LogP contribution in [0.3, 0.4) is 0 Å². The highest BCUT2D eigenvalue weighted by molar-refractivity contribution is 9.10. The minimum Gasteiger partial charge on any atom is -0.330 e. The molecule has 0 aliphatic heterocycles. The molecule has 1 aromatic heterocycles. The van der Waals surface area contributed by atoms with Crippen molar-refractivity contribution in [3.8, 4) is 0 Å². The van der Waals surface area contributed by atoms with Crippen LogP contribution >= 0.6 is 15.9 Å². The number of nitrogens with two attached hydrogens (primary N) is 1. The summed E-state index contributed by atoms with van der Waals surface area (Å²) in [6, 6.07) is 3.64. The number of nitrogens with one attached hydrogen (secondary N) is 1. The van der Waals surface area contributed by atoms with E-state index in [0.29, 0.717) is 18.8 Å². The van der Waals surface area contributed by atoms with Crippen molar-refractivity contribution >= 4 is 27.7 Å². The standard InChI is InChI=1S/C11H16BrN3O/c1-2-8(7-13)6-10(16)15-11-9(12)4-3-5-14-11/h3-5,8H,2,6-7,13H2,1H3,(H,14,15,16). The van der Waals surface area contributed by atoms with E-state index in [-0.39, 0.29) is 11.8 Å². The van der Waals surface area contributed by atoms with E-state index in [1.165, 1.54) is 0 Å². The van der Waals surface area contributed by atoms with E-state index in [9.17, 15) is 4.79 Å². The van der Waals surface area contributed by atoms with Gasteiger partial charge in [-0.1, -0.05) is 13.3 Å². The minimum atomic E-state index is -0.0447. The number of nitrogens with zero attached hydrogens (tertiary/aromatic N) is 1. The number of aromatic nitrogens is 1. The van der Waals surface area contributed by atoms with Crippen LogP contribution in [0.25, 0.3) is 0 Å². The van der Waals surface area contributed by atoms with Crippen LogP contribution in [0.1, 0.15) is 19.8 Å². The lowest BCUT2D eigenvalue weighted by molar-refractivity contribution is -0.117. The number of amides is 1. The van der Waals surface area contributed by atoms with Crippen LogP contribution in [0.2, 0.25) is 0 Å². The van der Waals surface area contributed by atoms with E-state index in [4.69, 9.17) is 5.73 Å². The molecule has 1 unspecified atom stereocenters. The maximum Gasteiger partial charge on any atom is 0.225 e. The summed E-state index contributed by atoms with van der Waals surface area (Å²) in [5.74, 6) is 0.749. The van der Waals surface area contributed by atoms with E-state index < -0.39 is 0 Å². The molecule has 0 bridgehead atoms. The quantitative estimate of drug-likeness (QED) is 0.871. The first-order valence-corrected chi connectivity index (χ1v) is 6.07. The molecule has 0 aliphatic rings. The lowest BCUT2D eigenvalue weighted by Gasteiger charge is -2.12. The fourth-order valence-electron chi connectivity index (χ4n) is 1.32. The second-order valence-electron chi connectivity index (χ2n) is 3.60. The zero-order valence-electron chi connectivity index (χ0n) is 9.24. The number of pyridine rings is 1. The van der Waals surface area contributed by atoms with E-state index in [1.54, 1.807) is 12.3 Å². The van der Waals surface area contributed by atoms with Gasteiger partial charge in [0, 0.05) is 12.6 Å². The zero-order valence-corrected chi connectivity index (χ0v) is 10.8. The highest BCUT2D eigenvalue weighted by atomic mass is 79.9. The lowest BCUT2D eigenvalue weighted by atomic mass is 10.0. The van der Waals surface area contributed by atoms with Crippen molar-refractivity contribution in [1.29, 1.82) is 0 Å². The molecule has 1 amide bonds. The van der Waals surface area contributed by atoms with Gasteiger partial charge >= 0.3 is 0 Å². The largest absolute Gasteiger partial charge is 0.330 e. The van der Waals surface area contributed by atoms with Crippen LogP contribution in [0.5, 0.6) is 0 Å². The van der Waals surface area contributed by atoms with E-state index in [1.807, 2.05) is 13.0 Å². The molecule has 0 saturated carbocycles. The van der Waals surface area contributed by atoms with Crippen LogP contribution in [-0.2, 0) is 4.79 Å². The maximum atomic E-state index is 11.7. The fourth-order valence-corrected chi connectivity index (χ4v) is 1.67. The summed E-state index contributed by atoms with van der Waals surface area (Å²) in [6.07, 6.45) is 2.99. The molecule has 4 nitrogen and oxygen atoms in total. The van der Waals surface area contributed by atoms with E-state index in [2.05, 4.69) is 26.2 Å². The summed E-state index contributed by atoms with van der Waals surface area (Å²) in [5, 5.41) is 2.76. The van der Waals surface area contributed by atoms with Crippen molar-refractivity contribution in [1.82, 2.24) is 4.98 Å². The van der Waals surface area contributed by atoms with Gasteiger partial charge < -0.3 is 11.1 Å². The van der Waals surface area contributed by atoms with Crippen molar-refractivity contribution < 1.29 is 4.79 Å². The number of carbonyl (C=O) groups excluding carboxylic acids is 1. The summed E-state index contributed by atoms with van der Waals surface area (Å²) in [6.45, 7) is 2.56. The molecule has 1 heterocycles. The molecule has 0 spiro atoms. The number of hydrogen-bond acceptors (Lipinski definition) is 3. The van der Waals surface area contributed by atoms with Gasteiger partial charge in [0.25, 0.3) is 0 Å². The van der Waals surface area contributed by atoms with E-state index in [0.717, 1.165) is 10.9 Å². The fraction of sp³-hybridized carbons (Fsp3) is 0.455. The molecule has 0 aliphatic carbocycles. The Bertz CT molecular complexity index is 353. The predicted molar refractivity (Wildman–Crippen MR) is 68.0 cm³/mol. The predicted octanol–water partition coefficient (Wildman–Crippen LogP) is 2.16. The maximum absolute atomic E-state index is 11.7. The Hall–Kier alpha value is -0.940. The summed E-state index contributed by atoms with van der Waals surface area (Å²) in [5.41, 5.74) is 5.55. The van der Waals surface area contributed by atoms with Crippen molar-refractivity contribution in [2.24, 2.45) is 11.7 Å². The molecule has 1 atom stereocenters. The molecule has 0 aromatic carbocycles. The number of rotatable bonds is 5. The van der Waals surface area contributed by atoms with Gasteiger partial charge in [-0.05, 0) is 40.5 Å². The van der Waals surface area contributed by atoms with Crippen LogP contribution in [0.15, 0.2) is 22.8 Å². The summed E-state index contributed by atoms with van der Waals surface area (Å²) in [7, 11) is 0. The van der Waals surface area contributed by atoms with Crippen LogP contribution in [0, 0.1) is 5.92 Å². The van der Waals surface area contributed by atoms with Gasteiger partial charge in [0.15, 0.2) is 0 Å². The Labute approximate surface area is 104 Å². The van der Waals surface area contributed by atoms with Gasteiger partial charge in [-0.3, -0.25) is 4.79 Å². The van der Waals surface area contributed by atoms with Crippen molar-refractivity contribution in [3.63, 3.8) is 0 Å². The molecule has 3 N–H and O–H groups in total. The Kier molecular flexibility index (Phi) is 5.42. The van der Waals surface area contributed by atoms with Gasteiger partial charge in [-0.25, -0.2) is 4.98 Å². The van der Waals surface area contributed by atoms with E-state index >= 15 is 0 Å². The van der Waals surface area contributed by atoms with Gasteiger partial charge in [0.2, 0.25) is 5.91 Å². The van der Waals surface area contributed by atoms with Gasteiger partial charge in [0.1, 0.15) is 5.82 Å². The molecule has 1 aromatic rings. The smallest absolute Gasteiger partial charge is 0.225 e. The Morgan fingerprint density at radius 1 is 1.69 bits per heavy atom. The second kappa shape index (κ2) is 6.60.